The van der Waals surface area contributed by atoms with Crippen molar-refractivity contribution in [1.82, 2.24) is 0 Å². The molecule has 0 aromatic rings. The minimum atomic E-state index is 0.779. The molecule has 0 atom stereocenters. The van der Waals surface area contributed by atoms with Gasteiger partial charge in [-0.15, -0.1) is 13.0 Å². The van der Waals surface area contributed by atoms with E-state index in [1.807, 2.05) is 0 Å². The zero-order chi connectivity index (χ0) is 6.41. The Labute approximate surface area is 58.6 Å². The quantitative estimate of drug-likeness (QED) is 0.263. The molecule has 0 heterocycles. The summed E-state index contributed by atoms with van der Waals surface area (Å²) in [5.74, 6) is 2.54. The fraction of sp³-hybridized carbons (Fsp3) is 0.333. The minimum Gasteiger partial charge on any atom is -0.334 e. The van der Waals surface area contributed by atoms with Gasteiger partial charge in [0, 0.05) is 0 Å². The molecule has 0 aliphatic heterocycles. The molecule has 0 bridgehead atoms. The van der Waals surface area contributed by atoms with E-state index in [4.69, 9.17) is 6.42 Å². The van der Waals surface area contributed by atoms with Crippen molar-refractivity contribution in [2.75, 3.05) is 13.1 Å². The van der Waals surface area contributed by atoms with Crippen molar-refractivity contribution in [3.8, 4) is 12.3 Å². The Hall–Kier alpha value is -0.208. The number of rotatable bonds is 3. The Morgan fingerprint density at radius 1 is 1.88 bits per heavy atom. The maximum Gasteiger partial charge on any atom is 0.260 e. The molecular formula is C6H11AlN+. The first kappa shape index (κ1) is 7.79. The van der Waals surface area contributed by atoms with Crippen LogP contribution in [0.15, 0.2) is 11.0 Å². The summed E-state index contributed by atoms with van der Waals surface area (Å²) in [5.41, 5.74) is 0. The summed E-state index contributed by atoms with van der Waals surface area (Å²) in [6.07, 6.45) is 5.02. The van der Waals surface area contributed by atoms with Crippen LogP contribution in [0.5, 0.6) is 0 Å². The highest BCUT2D eigenvalue weighted by atomic mass is 27.0. The van der Waals surface area contributed by atoms with Crippen molar-refractivity contribution in [2.24, 2.45) is 0 Å². The average molecular weight is 124 g/mol. The van der Waals surface area contributed by atoms with Gasteiger partial charge in [0.25, 0.3) is 16.3 Å². The van der Waals surface area contributed by atoms with Gasteiger partial charge >= 0.3 is 0 Å². The molecular weight excluding hydrogens is 113 g/mol. The highest BCUT2D eigenvalue weighted by Gasteiger charge is 1.84. The van der Waals surface area contributed by atoms with Crippen LogP contribution in [0.4, 0.5) is 0 Å². The second-order valence-corrected chi connectivity index (χ2v) is 3.27. The lowest BCUT2D eigenvalue weighted by molar-refractivity contribution is -0.635. The second kappa shape index (κ2) is 4.94. The van der Waals surface area contributed by atoms with E-state index in [1.54, 1.807) is 0 Å². The van der Waals surface area contributed by atoms with Crippen LogP contribution in [-0.4, -0.2) is 29.4 Å². The Balaban J connectivity index is 2.97. The van der Waals surface area contributed by atoms with Crippen molar-refractivity contribution in [2.45, 2.75) is 0 Å². The molecule has 0 radical (unpaired) electrons. The number of nitrogens with two attached hydrogens (primary N) is 1. The molecule has 8 heavy (non-hydrogen) atoms. The normalized spacial score (nSPS) is 7.88. The van der Waals surface area contributed by atoms with Crippen molar-refractivity contribution in [3.05, 3.63) is 11.0 Å². The molecule has 0 unspecified atom stereocenters. The molecule has 42 valence electrons. The Bertz CT molecular complexity index is 112. The predicted molar refractivity (Wildman–Crippen MR) is 38.2 cm³/mol. The van der Waals surface area contributed by atoms with Gasteiger partial charge in [0.05, 0.1) is 6.54 Å². The fourth-order valence-electron chi connectivity index (χ4n) is 0.402. The van der Waals surface area contributed by atoms with Gasteiger partial charge in [-0.05, 0) is 5.92 Å². The van der Waals surface area contributed by atoms with Crippen molar-refractivity contribution in [3.63, 3.8) is 0 Å². The lowest BCUT2D eigenvalue weighted by Gasteiger charge is -1.92. The maximum absolute atomic E-state index is 5.02. The molecule has 0 aliphatic rings. The van der Waals surface area contributed by atoms with Gasteiger partial charge in [-0.25, -0.2) is 0 Å². The topological polar surface area (TPSA) is 16.6 Å². The molecule has 0 aliphatic carbocycles. The summed E-state index contributed by atoms with van der Waals surface area (Å²) in [4.78, 5) is 0. The van der Waals surface area contributed by atoms with E-state index in [0.29, 0.717) is 0 Å². The molecule has 0 aromatic carbocycles. The van der Waals surface area contributed by atoms with Crippen LogP contribution >= 0.6 is 0 Å². The van der Waals surface area contributed by atoms with E-state index in [2.05, 4.69) is 17.8 Å². The van der Waals surface area contributed by atoms with Crippen molar-refractivity contribution in [1.29, 1.82) is 0 Å². The maximum atomic E-state index is 5.02. The fourth-order valence-corrected chi connectivity index (χ4v) is 0.691. The second-order valence-electron chi connectivity index (χ2n) is 1.86. The van der Waals surface area contributed by atoms with Gasteiger partial charge in [0.15, 0.2) is 0 Å². The monoisotopic (exact) mass is 124 g/mol. The largest absolute Gasteiger partial charge is 0.334 e. The average Bonchev–Trinajstić information content (AvgIpc) is 1.66. The predicted octanol–water partition coefficient (Wildman–Crippen LogP) is -1.67. The molecule has 0 saturated heterocycles. The van der Waals surface area contributed by atoms with Gasteiger partial charge in [0.1, 0.15) is 6.54 Å². The van der Waals surface area contributed by atoms with Crippen LogP contribution in [0.2, 0.25) is 0 Å². The molecule has 0 spiro atoms. The summed E-state index contributed by atoms with van der Waals surface area (Å²) in [7, 11) is 0. The Morgan fingerprint density at radius 3 is 2.88 bits per heavy atom. The zero-order valence-electron chi connectivity index (χ0n) is 5.28. The van der Waals surface area contributed by atoms with E-state index in [0.717, 1.165) is 29.4 Å². The van der Waals surface area contributed by atoms with Gasteiger partial charge in [0.2, 0.25) is 0 Å². The first-order valence-electron chi connectivity index (χ1n) is 2.67. The third-order valence-electron chi connectivity index (χ3n) is 0.755. The summed E-state index contributed by atoms with van der Waals surface area (Å²) in [6, 6.07) is 0. The van der Waals surface area contributed by atoms with E-state index in [-0.39, 0.29) is 0 Å². The van der Waals surface area contributed by atoms with E-state index in [9.17, 15) is 0 Å². The van der Waals surface area contributed by atoms with E-state index in [1.165, 1.54) is 4.44 Å². The number of hydrogen-bond acceptors (Lipinski definition) is 0. The minimum absolute atomic E-state index is 0.779. The Kier molecular flexibility index (Phi) is 4.81. The van der Waals surface area contributed by atoms with Crippen LogP contribution in [0.3, 0.4) is 0 Å². The Morgan fingerprint density at radius 2 is 2.50 bits per heavy atom. The third kappa shape index (κ3) is 5.79. The highest BCUT2D eigenvalue weighted by Crippen LogP contribution is 1.65. The number of hydrogen-bond donors (Lipinski definition) is 1. The standard InChI is InChI=1S/C6H8N.Al.2H/c1-3-5-7-6-4-2;;;/h1,7H,2,5-6H2;;;/p+1. The van der Waals surface area contributed by atoms with Crippen LogP contribution in [0.1, 0.15) is 0 Å². The lowest BCUT2D eigenvalue weighted by atomic mass is 10.5. The summed E-state index contributed by atoms with van der Waals surface area (Å²) < 4.78 is 1.31. The van der Waals surface area contributed by atoms with E-state index < -0.39 is 0 Å². The first-order valence-corrected chi connectivity index (χ1v) is 3.67. The smallest absolute Gasteiger partial charge is 0.260 e. The van der Waals surface area contributed by atoms with Gasteiger partial charge < -0.3 is 5.32 Å². The highest BCUT2D eigenvalue weighted by molar-refractivity contribution is 6.21. The lowest BCUT2D eigenvalue weighted by Crippen LogP contribution is -2.84. The molecule has 0 amide bonds. The number of terminal acetylenes is 1. The zero-order valence-corrected chi connectivity index (χ0v) is 7.28. The van der Waals surface area contributed by atoms with Crippen molar-refractivity contribution < 1.29 is 5.32 Å². The van der Waals surface area contributed by atoms with Gasteiger partial charge in [-0.3, -0.25) is 0 Å². The molecule has 1 nitrogen and oxygen atoms in total. The first-order chi connectivity index (χ1) is 3.77. The van der Waals surface area contributed by atoms with Crippen molar-refractivity contribution >= 4 is 16.3 Å². The molecule has 2 heteroatoms. The third-order valence-corrected chi connectivity index (χ3v) is 1.16. The molecule has 0 rings (SSSR count). The van der Waals surface area contributed by atoms with Crippen LogP contribution < -0.4 is 5.32 Å². The van der Waals surface area contributed by atoms with Crippen LogP contribution in [0, 0.1) is 12.3 Å². The van der Waals surface area contributed by atoms with Crippen LogP contribution in [-0.2, 0) is 0 Å². The molecule has 2 N–H and O–H groups in total. The van der Waals surface area contributed by atoms with Gasteiger partial charge in [-0.1, -0.05) is 4.44 Å². The van der Waals surface area contributed by atoms with Gasteiger partial charge in [-0.2, -0.15) is 0 Å². The summed E-state index contributed by atoms with van der Waals surface area (Å²) >= 11 is 1.09. The molecule has 0 fully saturated rings. The summed E-state index contributed by atoms with van der Waals surface area (Å²) in [6.45, 7) is 5.58. The SMILES string of the molecule is C#CC[NH2+]C[C](=C)[AlH2]. The number of quaternary nitrogens is 1. The van der Waals surface area contributed by atoms with Crippen LogP contribution in [0.25, 0.3) is 0 Å². The molecule has 0 saturated carbocycles. The summed E-state index contributed by atoms with van der Waals surface area (Å²) in [5, 5.41) is 2.08. The van der Waals surface area contributed by atoms with E-state index >= 15 is 0 Å². The molecule has 0 aromatic heterocycles.